The number of nitrogens with one attached hydrogen (secondary N) is 1. The number of ether oxygens (including phenoxy) is 1. The molecule has 0 heterocycles. The highest BCUT2D eigenvalue weighted by atomic mass is 16.6. The van der Waals surface area contributed by atoms with Gasteiger partial charge in [-0.3, -0.25) is 0 Å². The summed E-state index contributed by atoms with van der Waals surface area (Å²) in [4.78, 5) is 5.24. The quantitative estimate of drug-likeness (QED) is 0.543. The van der Waals surface area contributed by atoms with Gasteiger partial charge in [-0.2, -0.15) is 0 Å². The maximum Gasteiger partial charge on any atom is 0.119 e. The predicted octanol–water partition coefficient (Wildman–Crippen LogP) is 2.63. The molecule has 16 heavy (non-hydrogen) atoms. The average Bonchev–Trinajstić information content (AvgIpc) is 2.29. The summed E-state index contributed by atoms with van der Waals surface area (Å²) >= 11 is 0. The van der Waals surface area contributed by atoms with Gasteiger partial charge in [0.2, 0.25) is 0 Å². The summed E-state index contributed by atoms with van der Waals surface area (Å²) in [6.07, 6.45) is 0.937. The van der Waals surface area contributed by atoms with Gasteiger partial charge in [0.1, 0.15) is 5.75 Å². The summed E-state index contributed by atoms with van der Waals surface area (Å²) in [5.74, 6) is 1.48. The Balaban J connectivity index is 1.93. The Bertz CT molecular complexity index is 262. The molecule has 0 spiro atoms. The van der Waals surface area contributed by atoms with Crippen LogP contribution in [0.2, 0.25) is 0 Å². The molecule has 1 aromatic rings. The van der Waals surface area contributed by atoms with E-state index in [1.165, 1.54) is 0 Å². The molecular formula is C13H21NO2. The van der Waals surface area contributed by atoms with E-state index in [0.717, 1.165) is 25.3 Å². The zero-order valence-electron chi connectivity index (χ0n) is 10.1. The Hall–Kier alpha value is -1.06. The minimum Gasteiger partial charge on any atom is -0.494 e. The summed E-state index contributed by atoms with van der Waals surface area (Å²) in [7, 11) is 0. The third kappa shape index (κ3) is 6.43. The van der Waals surface area contributed by atoms with E-state index in [1.54, 1.807) is 0 Å². The Kier molecular flexibility index (Phi) is 6.61. The van der Waals surface area contributed by atoms with Crippen molar-refractivity contribution in [3.63, 3.8) is 0 Å². The number of rotatable bonds is 8. The van der Waals surface area contributed by atoms with Gasteiger partial charge in [-0.15, -0.1) is 0 Å². The fourth-order valence-electron chi connectivity index (χ4n) is 1.15. The predicted molar refractivity (Wildman–Crippen MR) is 65.3 cm³/mol. The Morgan fingerprint density at radius 2 is 1.94 bits per heavy atom. The second-order valence-electron chi connectivity index (χ2n) is 4.11. The lowest BCUT2D eigenvalue weighted by atomic mass is 10.2. The molecule has 0 bridgehead atoms. The van der Waals surface area contributed by atoms with Crippen molar-refractivity contribution in [1.82, 2.24) is 5.48 Å². The van der Waals surface area contributed by atoms with E-state index in [1.807, 2.05) is 30.3 Å². The normalized spacial score (nSPS) is 10.7. The summed E-state index contributed by atoms with van der Waals surface area (Å²) in [6.45, 7) is 6.53. The van der Waals surface area contributed by atoms with Gasteiger partial charge in [0, 0.05) is 6.54 Å². The zero-order chi connectivity index (χ0) is 11.6. The standard InChI is InChI=1S/C13H21NO2/c1-12(2)11-16-14-9-6-10-15-13-7-4-3-5-8-13/h3-5,7-8,12,14H,6,9-11H2,1-2H3. The fourth-order valence-corrected chi connectivity index (χ4v) is 1.15. The molecule has 0 aliphatic heterocycles. The maximum absolute atomic E-state index is 5.54. The second-order valence-corrected chi connectivity index (χ2v) is 4.11. The molecule has 0 amide bonds. The van der Waals surface area contributed by atoms with Crippen molar-refractivity contribution in [2.45, 2.75) is 20.3 Å². The lowest BCUT2D eigenvalue weighted by Gasteiger charge is -2.08. The first-order valence-electron chi connectivity index (χ1n) is 5.81. The third-order valence-corrected chi connectivity index (χ3v) is 1.95. The summed E-state index contributed by atoms with van der Waals surface area (Å²) in [6, 6.07) is 9.85. The van der Waals surface area contributed by atoms with Crippen molar-refractivity contribution >= 4 is 0 Å². The summed E-state index contributed by atoms with van der Waals surface area (Å²) in [5.41, 5.74) is 2.92. The molecule has 90 valence electrons. The molecule has 0 unspecified atom stereocenters. The van der Waals surface area contributed by atoms with Crippen LogP contribution in [0.1, 0.15) is 20.3 Å². The molecule has 0 fully saturated rings. The van der Waals surface area contributed by atoms with E-state index in [9.17, 15) is 0 Å². The minimum absolute atomic E-state index is 0.563. The maximum atomic E-state index is 5.54. The fraction of sp³-hybridized carbons (Fsp3) is 0.538. The molecule has 0 atom stereocenters. The summed E-state index contributed by atoms with van der Waals surface area (Å²) < 4.78 is 5.54. The van der Waals surface area contributed by atoms with E-state index >= 15 is 0 Å². The molecule has 0 aromatic heterocycles. The molecule has 3 nitrogen and oxygen atoms in total. The highest BCUT2D eigenvalue weighted by molar-refractivity contribution is 5.20. The highest BCUT2D eigenvalue weighted by Crippen LogP contribution is 2.07. The van der Waals surface area contributed by atoms with Crippen molar-refractivity contribution in [2.75, 3.05) is 19.8 Å². The largest absolute Gasteiger partial charge is 0.494 e. The van der Waals surface area contributed by atoms with Crippen LogP contribution >= 0.6 is 0 Å². The van der Waals surface area contributed by atoms with Gasteiger partial charge in [-0.1, -0.05) is 32.0 Å². The number of hydrogen-bond acceptors (Lipinski definition) is 3. The van der Waals surface area contributed by atoms with Gasteiger partial charge >= 0.3 is 0 Å². The zero-order valence-corrected chi connectivity index (χ0v) is 10.1. The third-order valence-electron chi connectivity index (χ3n) is 1.95. The van der Waals surface area contributed by atoms with E-state index in [0.29, 0.717) is 12.5 Å². The van der Waals surface area contributed by atoms with Crippen LogP contribution in [0, 0.1) is 5.92 Å². The molecule has 1 aromatic carbocycles. The smallest absolute Gasteiger partial charge is 0.119 e. The van der Waals surface area contributed by atoms with Crippen LogP contribution in [0.4, 0.5) is 0 Å². The Morgan fingerprint density at radius 3 is 2.62 bits per heavy atom. The van der Waals surface area contributed by atoms with Crippen LogP contribution in [0.15, 0.2) is 30.3 Å². The van der Waals surface area contributed by atoms with Gasteiger partial charge in [0.15, 0.2) is 0 Å². The number of para-hydroxylation sites is 1. The first-order chi connectivity index (χ1) is 7.79. The molecule has 3 heteroatoms. The molecule has 0 saturated heterocycles. The SMILES string of the molecule is CC(C)CONCCCOc1ccccc1. The van der Waals surface area contributed by atoms with E-state index in [2.05, 4.69) is 19.3 Å². The van der Waals surface area contributed by atoms with Crippen molar-refractivity contribution in [1.29, 1.82) is 0 Å². The van der Waals surface area contributed by atoms with Crippen LogP contribution < -0.4 is 10.2 Å². The molecule has 0 saturated carbocycles. The van der Waals surface area contributed by atoms with E-state index in [4.69, 9.17) is 9.57 Å². The molecule has 1 N–H and O–H groups in total. The van der Waals surface area contributed by atoms with Gasteiger partial charge < -0.3 is 9.57 Å². The summed E-state index contributed by atoms with van der Waals surface area (Å²) in [5, 5.41) is 0. The van der Waals surface area contributed by atoms with Crippen LogP contribution in [-0.2, 0) is 4.84 Å². The lowest BCUT2D eigenvalue weighted by molar-refractivity contribution is 0.0218. The van der Waals surface area contributed by atoms with Crippen molar-refractivity contribution < 1.29 is 9.57 Å². The molecule has 0 radical (unpaired) electrons. The van der Waals surface area contributed by atoms with Crippen LogP contribution in [0.3, 0.4) is 0 Å². The van der Waals surface area contributed by atoms with Crippen molar-refractivity contribution in [3.8, 4) is 5.75 Å². The monoisotopic (exact) mass is 223 g/mol. The van der Waals surface area contributed by atoms with E-state index in [-0.39, 0.29) is 0 Å². The Labute approximate surface area is 97.7 Å². The van der Waals surface area contributed by atoms with Crippen LogP contribution in [-0.4, -0.2) is 19.8 Å². The van der Waals surface area contributed by atoms with Gasteiger partial charge in [-0.05, 0) is 24.5 Å². The molecule has 1 rings (SSSR count). The minimum atomic E-state index is 0.563. The van der Waals surface area contributed by atoms with Crippen LogP contribution in [0.25, 0.3) is 0 Å². The average molecular weight is 223 g/mol. The van der Waals surface area contributed by atoms with Crippen molar-refractivity contribution in [3.05, 3.63) is 30.3 Å². The van der Waals surface area contributed by atoms with Crippen molar-refractivity contribution in [2.24, 2.45) is 5.92 Å². The number of hydroxylamine groups is 1. The van der Waals surface area contributed by atoms with Gasteiger partial charge in [0.05, 0.1) is 13.2 Å². The Morgan fingerprint density at radius 1 is 1.19 bits per heavy atom. The molecular weight excluding hydrogens is 202 g/mol. The van der Waals surface area contributed by atoms with Gasteiger partial charge in [-0.25, -0.2) is 5.48 Å². The molecule has 0 aliphatic carbocycles. The topological polar surface area (TPSA) is 30.5 Å². The first kappa shape index (κ1) is 13.0. The first-order valence-corrected chi connectivity index (χ1v) is 5.81. The van der Waals surface area contributed by atoms with E-state index < -0.39 is 0 Å². The molecule has 0 aliphatic rings. The number of hydrogen-bond donors (Lipinski definition) is 1. The highest BCUT2D eigenvalue weighted by Gasteiger charge is 1.94. The number of benzene rings is 1. The van der Waals surface area contributed by atoms with Gasteiger partial charge in [0.25, 0.3) is 0 Å². The van der Waals surface area contributed by atoms with Crippen LogP contribution in [0.5, 0.6) is 5.75 Å². The lowest BCUT2D eigenvalue weighted by Crippen LogP contribution is -2.20. The second kappa shape index (κ2) is 8.13.